The van der Waals surface area contributed by atoms with Gasteiger partial charge < -0.3 is 20.1 Å². The highest BCUT2D eigenvalue weighted by Gasteiger charge is 2.39. The molecule has 3 aromatic rings. The molecule has 0 bridgehead atoms. The molecule has 2 aliphatic heterocycles. The predicted molar refractivity (Wildman–Crippen MR) is 137 cm³/mol. The van der Waals surface area contributed by atoms with E-state index in [1.165, 1.54) is 24.3 Å². The number of sulfone groups is 1. The molecular weight excluding hydrogens is 503 g/mol. The molecule has 2 heterocycles. The molecule has 36 heavy (non-hydrogen) atoms. The van der Waals surface area contributed by atoms with Crippen molar-refractivity contribution in [3.8, 4) is 11.5 Å². The number of allylic oxidation sites excluding steroid dienone is 2. The number of hydrogen-bond acceptors (Lipinski definition) is 6. The van der Waals surface area contributed by atoms with Crippen molar-refractivity contribution in [2.75, 3.05) is 20.8 Å². The standard InChI is InChI=1S/C27H24ClFN2O4S/c1-34-24-12-17-10-11-31-23(21(17)15-25(24)35-2)14-22(16-6-8-19(29)9-7-16)26(27(31)30)36(32,33)20-5-3-4-18(28)13-20/h3-9,12-15,22H,10-11,30H2,1-2H3/t22-/m0/s1. The summed E-state index contributed by atoms with van der Waals surface area (Å²) < 4.78 is 52.6. The molecule has 0 unspecified atom stereocenters. The van der Waals surface area contributed by atoms with E-state index in [9.17, 15) is 12.8 Å². The van der Waals surface area contributed by atoms with Crippen LogP contribution in [0.25, 0.3) is 5.70 Å². The molecule has 2 N–H and O–H groups in total. The Bertz CT molecular complexity index is 1520. The topological polar surface area (TPSA) is 81.9 Å². The zero-order valence-electron chi connectivity index (χ0n) is 19.7. The summed E-state index contributed by atoms with van der Waals surface area (Å²) in [7, 11) is -0.905. The Morgan fingerprint density at radius 3 is 2.39 bits per heavy atom. The lowest BCUT2D eigenvalue weighted by molar-refractivity contribution is 0.353. The van der Waals surface area contributed by atoms with E-state index in [1.54, 1.807) is 38.5 Å². The zero-order valence-corrected chi connectivity index (χ0v) is 21.2. The molecule has 9 heteroatoms. The molecule has 186 valence electrons. The highest BCUT2D eigenvalue weighted by Crippen LogP contribution is 2.46. The van der Waals surface area contributed by atoms with Crippen LogP contribution in [0.4, 0.5) is 4.39 Å². The summed E-state index contributed by atoms with van der Waals surface area (Å²) in [4.78, 5) is 1.89. The van der Waals surface area contributed by atoms with Gasteiger partial charge in [0.15, 0.2) is 11.5 Å². The van der Waals surface area contributed by atoms with Crippen molar-refractivity contribution in [2.45, 2.75) is 17.2 Å². The van der Waals surface area contributed by atoms with Gasteiger partial charge in [0.25, 0.3) is 0 Å². The second kappa shape index (κ2) is 9.19. The van der Waals surface area contributed by atoms with Gasteiger partial charge in [-0.3, -0.25) is 0 Å². The summed E-state index contributed by atoms with van der Waals surface area (Å²) >= 11 is 6.12. The Balaban J connectivity index is 1.73. The first-order chi connectivity index (χ1) is 17.2. The van der Waals surface area contributed by atoms with Crippen LogP contribution in [-0.4, -0.2) is 34.1 Å². The van der Waals surface area contributed by atoms with Gasteiger partial charge in [-0.25, -0.2) is 12.8 Å². The quantitative estimate of drug-likeness (QED) is 0.498. The first kappa shape index (κ1) is 24.2. The molecule has 1 atom stereocenters. The minimum atomic E-state index is -4.05. The van der Waals surface area contributed by atoms with Crippen LogP contribution in [0.2, 0.25) is 5.02 Å². The monoisotopic (exact) mass is 526 g/mol. The predicted octanol–water partition coefficient (Wildman–Crippen LogP) is 5.09. The third kappa shape index (κ3) is 4.00. The molecule has 2 aliphatic rings. The van der Waals surface area contributed by atoms with Gasteiger partial charge in [0.2, 0.25) is 9.84 Å². The average Bonchev–Trinajstić information content (AvgIpc) is 2.87. The first-order valence-electron chi connectivity index (χ1n) is 11.2. The van der Waals surface area contributed by atoms with Crippen LogP contribution in [0.3, 0.4) is 0 Å². The molecule has 0 radical (unpaired) electrons. The van der Waals surface area contributed by atoms with E-state index in [2.05, 4.69) is 0 Å². The van der Waals surface area contributed by atoms with E-state index < -0.39 is 21.6 Å². The van der Waals surface area contributed by atoms with Crippen LogP contribution in [0.15, 0.2) is 82.4 Å². The second-order valence-electron chi connectivity index (χ2n) is 8.56. The Hall–Kier alpha value is -3.49. The third-order valence-electron chi connectivity index (χ3n) is 6.56. The Morgan fingerprint density at radius 2 is 1.72 bits per heavy atom. The van der Waals surface area contributed by atoms with E-state index in [4.69, 9.17) is 26.8 Å². The number of benzene rings is 3. The van der Waals surface area contributed by atoms with Crippen LogP contribution in [-0.2, 0) is 16.3 Å². The van der Waals surface area contributed by atoms with Crippen molar-refractivity contribution in [3.63, 3.8) is 0 Å². The summed E-state index contributed by atoms with van der Waals surface area (Å²) in [6, 6.07) is 15.7. The lowest BCUT2D eigenvalue weighted by atomic mass is 9.88. The summed E-state index contributed by atoms with van der Waals surface area (Å²) in [6.07, 6.45) is 2.49. The second-order valence-corrected chi connectivity index (χ2v) is 10.9. The van der Waals surface area contributed by atoms with Crippen LogP contribution in [0.1, 0.15) is 22.6 Å². The number of nitrogens with zero attached hydrogens (tertiary/aromatic N) is 1. The maximum absolute atomic E-state index is 13.9. The number of rotatable bonds is 5. The minimum Gasteiger partial charge on any atom is -0.493 e. The van der Waals surface area contributed by atoms with Crippen LogP contribution < -0.4 is 15.2 Å². The van der Waals surface area contributed by atoms with E-state index in [1.807, 2.05) is 23.1 Å². The fourth-order valence-corrected chi connectivity index (χ4v) is 6.78. The zero-order chi connectivity index (χ0) is 25.6. The smallest absolute Gasteiger partial charge is 0.207 e. The van der Waals surface area contributed by atoms with Gasteiger partial charge in [-0.15, -0.1) is 0 Å². The molecule has 3 aromatic carbocycles. The van der Waals surface area contributed by atoms with Gasteiger partial charge in [0.1, 0.15) is 16.5 Å². The molecule has 6 nitrogen and oxygen atoms in total. The summed E-state index contributed by atoms with van der Waals surface area (Å²) in [5, 5.41) is 0.300. The lowest BCUT2D eigenvalue weighted by Crippen LogP contribution is -2.38. The fraction of sp³-hybridized carbons (Fsp3) is 0.185. The number of methoxy groups -OCH3 is 2. The normalized spacial score (nSPS) is 17.3. The molecule has 0 aromatic heterocycles. The lowest BCUT2D eigenvalue weighted by Gasteiger charge is -2.39. The van der Waals surface area contributed by atoms with Gasteiger partial charge in [-0.1, -0.05) is 29.8 Å². The number of halogens is 2. The Morgan fingerprint density at radius 1 is 1.03 bits per heavy atom. The van der Waals surface area contributed by atoms with Crippen LogP contribution in [0.5, 0.6) is 11.5 Å². The number of fused-ring (bicyclic) bond motifs is 3. The largest absolute Gasteiger partial charge is 0.493 e. The summed E-state index contributed by atoms with van der Waals surface area (Å²) in [5.41, 5.74) is 9.91. The number of ether oxygens (including phenoxy) is 2. The molecule has 0 fully saturated rings. The number of nitrogens with two attached hydrogens (primary N) is 1. The average molecular weight is 527 g/mol. The highest BCUT2D eigenvalue weighted by molar-refractivity contribution is 7.95. The minimum absolute atomic E-state index is 0.0315. The molecule has 0 amide bonds. The van der Waals surface area contributed by atoms with E-state index in [0.29, 0.717) is 35.1 Å². The van der Waals surface area contributed by atoms with E-state index >= 15 is 0 Å². The van der Waals surface area contributed by atoms with Gasteiger partial charge in [0.05, 0.1) is 19.1 Å². The van der Waals surface area contributed by atoms with Crippen LogP contribution >= 0.6 is 11.6 Å². The first-order valence-corrected chi connectivity index (χ1v) is 13.1. The molecule has 0 spiro atoms. The van der Waals surface area contributed by atoms with E-state index in [-0.39, 0.29) is 15.6 Å². The Kier molecular flexibility index (Phi) is 6.18. The van der Waals surface area contributed by atoms with Gasteiger partial charge in [-0.2, -0.15) is 0 Å². The summed E-state index contributed by atoms with van der Waals surface area (Å²) in [5.74, 6) is 0.128. The van der Waals surface area contributed by atoms with Crippen molar-refractivity contribution in [1.82, 2.24) is 4.90 Å². The SMILES string of the molecule is COc1cc2c(cc1OC)C1=C[C@@H](c3ccc(F)cc3)C(S(=O)(=O)c3cccc(Cl)c3)=C(N)N1CC2. The van der Waals surface area contributed by atoms with Crippen molar-refractivity contribution < 1.29 is 22.3 Å². The number of hydrogen-bond donors (Lipinski definition) is 1. The molecular formula is C27H24ClFN2O4S. The highest BCUT2D eigenvalue weighted by atomic mass is 35.5. The van der Waals surface area contributed by atoms with E-state index in [0.717, 1.165) is 16.8 Å². The maximum Gasteiger partial charge on any atom is 0.207 e. The van der Waals surface area contributed by atoms with Gasteiger partial charge in [0, 0.05) is 28.7 Å². The molecule has 0 aliphatic carbocycles. The van der Waals surface area contributed by atoms with Crippen molar-refractivity contribution in [2.24, 2.45) is 5.73 Å². The maximum atomic E-state index is 13.9. The molecule has 5 rings (SSSR count). The van der Waals surface area contributed by atoms with Crippen molar-refractivity contribution in [3.05, 3.63) is 105 Å². The summed E-state index contributed by atoms with van der Waals surface area (Å²) in [6.45, 7) is 0.477. The van der Waals surface area contributed by atoms with Crippen LogP contribution in [0, 0.1) is 5.82 Å². The Labute approximate surface area is 214 Å². The van der Waals surface area contributed by atoms with Gasteiger partial charge >= 0.3 is 0 Å². The molecule has 0 saturated carbocycles. The van der Waals surface area contributed by atoms with Crippen molar-refractivity contribution in [1.29, 1.82) is 0 Å². The molecule has 0 saturated heterocycles. The fourth-order valence-electron chi connectivity index (χ4n) is 4.80. The third-order valence-corrected chi connectivity index (χ3v) is 8.71. The van der Waals surface area contributed by atoms with Crippen molar-refractivity contribution >= 4 is 27.1 Å². The van der Waals surface area contributed by atoms with Gasteiger partial charge in [-0.05, 0) is 66.1 Å².